The summed E-state index contributed by atoms with van der Waals surface area (Å²) in [4.78, 5) is 4.78. The van der Waals surface area contributed by atoms with Crippen molar-refractivity contribution in [2.24, 2.45) is 11.8 Å². The molecule has 1 aliphatic rings. The average Bonchev–Trinajstić information content (AvgIpc) is 2.44. The van der Waals surface area contributed by atoms with E-state index in [1.54, 1.807) is 11.1 Å². The van der Waals surface area contributed by atoms with Gasteiger partial charge >= 0.3 is 0 Å². The smallest absolute Gasteiger partial charge is 0.0410 e. The van der Waals surface area contributed by atoms with E-state index in [0.29, 0.717) is 34.8 Å². The second-order valence-electron chi connectivity index (χ2n) is 7.82. The molecule has 0 radical (unpaired) electrons. The van der Waals surface area contributed by atoms with Gasteiger partial charge in [-0.1, -0.05) is 48.5 Å². The van der Waals surface area contributed by atoms with Crippen molar-refractivity contribution in [3.05, 3.63) is 28.6 Å². The van der Waals surface area contributed by atoms with Crippen LogP contribution in [0.5, 0.6) is 0 Å². The molecule has 0 saturated carbocycles. The van der Waals surface area contributed by atoms with Gasteiger partial charge in [-0.2, -0.15) is 11.8 Å². The van der Waals surface area contributed by atoms with E-state index >= 15 is 0 Å². The molecule has 0 fully saturated rings. The first-order valence-electron chi connectivity index (χ1n) is 8.86. The van der Waals surface area contributed by atoms with Gasteiger partial charge in [0.1, 0.15) is 0 Å². The topological polar surface area (TPSA) is 12.9 Å². The fraction of sp³-hybridized carbons (Fsp3) is 0.750. The van der Waals surface area contributed by atoms with E-state index in [0.717, 1.165) is 0 Å². The first-order valence-corrected chi connectivity index (χ1v) is 9.91. The Kier molecular flexibility index (Phi) is 5.63. The molecule has 2 heterocycles. The summed E-state index contributed by atoms with van der Waals surface area (Å²) in [5, 5.41) is 0.714. The fourth-order valence-corrected chi connectivity index (χ4v) is 5.39. The molecule has 1 nitrogen and oxygen atoms in total. The van der Waals surface area contributed by atoms with Crippen LogP contribution in [0, 0.1) is 18.8 Å². The molecule has 2 rings (SSSR count). The van der Waals surface area contributed by atoms with Gasteiger partial charge < -0.3 is 0 Å². The molecule has 0 aromatic carbocycles. The number of hydrogen-bond acceptors (Lipinski definition) is 2. The third kappa shape index (κ3) is 3.22. The van der Waals surface area contributed by atoms with Crippen molar-refractivity contribution in [3.63, 3.8) is 0 Å². The summed E-state index contributed by atoms with van der Waals surface area (Å²) in [5.41, 5.74) is 5.93. The number of pyridine rings is 1. The van der Waals surface area contributed by atoms with Crippen LogP contribution >= 0.6 is 11.8 Å². The molecule has 0 aliphatic carbocycles. The van der Waals surface area contributed by atoms with Crippen LogP contribution in [-0.2, 0) is 0 Å². The lowest BCUT2D eigenvalue weighted by Gasteiger charge is -2.37. The Bertz CT molecular complexity index is 521. The second kappa shape index (κ2) is 6.95. The molecule has 4 atom stereocenters. The van der Waals surface area contributed by atoms with E-state index in [9.17, 15) is 0 Å². The highest BCUT2D eigenvalue weighted by Crippen LogP contribution is 2.46. The molecule has 0 amide bonds. The number of hydrogen-bond donors (Lipinski definition) is 0. The zero-order chi connectivity index (χ0) is 16.6. The third-order valence-electron chi connectivity index (χ3n) is 5.71. The standard InChI is InChI=1S/C20H33NS/c1-11(2)17-9-21-15(7)19-14(6)13(5)16(8)22-10-18(12(3)4)20(17)19/h9,11-14,16,18H,10H2,1-8H3/t13-,14+,16-,18?/m0/s1. The highest BCUT2D eigenvalue weighted by molar-refractivity contribution is 7.99. The number of aromatic nitrogens is 1. The Morgan fingerprint density at radius 2 is 1.73 bits per heavy atom. The lowest BCUT2D eigenvalue weighted by Crippen LogP contribution is -2.27. The molecule has 1 unspecified atom stereocenters. The van der Waals surface area contributed by atoms with Crippen LogP contribution in [0.2, 0.25) is 0 Å². The van der Waals surface area contributed by atoms with Gasteiger partial charge in [-0.05, 0) is 53.2 Å². The van der Waals surface area contributed by atoms with Crippen molar-refractivity contribution >= 4 is 11.8 Å². The first-order chi connectivity index (χ1) is 10.3. The van der Waals surface area contributed by atoms with Gasteiger partial charge in [-0.15, -0.1) is 0 Å². The van der Waals surface area contributed by atoms with Crippen LogP contribution < -0.4 is 0 Å². The normalized spacial score (nSPS) is 29.4. The summed E-state index contributed by atoms with van der Waals surface area (Å²) in [6, 6.07) is 0. The van der Waals surface area contributed by atoms with Crippen LogP contribution in [0.25, 0.3) is 0 Å². The number of nitrogens with zero attached hydrogens (tertiary/aromatic N) is 1. The van der Waals surface area contributed by atoms with Crippen molar-refractivity contribution in [1.29, 1.82) is 0 Å². The van der Waals surface area contributed by atoms with Crippen LogP contribution in [-0.4, -0.2) is 16.0 Å². The van der Waals surface area contributed by atoms with Crippen LogP contribution in [0.1, 0.15) is 88.6 Å². The molecule has 22 heavy (non-hydrogen) atoms. The molecule has 124 valence electrons. The zero-order valence-corrected chi connectivity index (χ0v) is 16.4. The average molecular weight is 320 g/mol. The molecular formula is C20H33NS. The van der Waals surface area contributed by atoms with Gasteiger partial charge in [0.25, 0.3) is 0 Å². The maximum Gasteiger partial charge on any atom is 0.0410 e. The van der Waals surface area contributed by atoms with Crippen LogP contribution in [0.3, 0.4) is 0 Å². The van der Waals surface area contributed by atoms with E-state index in [4.69, 9.17) is 4.98 Å². The van der Waals surface area contributed by atoms with E-state index < -0.39 is 0 Å². The fourth-order valence-electron chi connectivity index (χ4n) is 3.79. The van der Waals surface area contributed by atoms with Crippen molar-refractivity contribution in [2.75, 3.05) is 5.75 Å². The van der Waals surface area contributed by atoms with Crippen molar-refractivity contribution < 1.29 is 0 Å². The van der Waals surface area contributed by atoms with Gasteiger partial charge in [0, 0.05) is 22.9 Å². The lowest BCUT2D eigenvalue weighted by molar-refractivity contribution is 0.453. The summed E-state index contributed by atoms with van der Waals surface area (Å²) >= 11 is 2.17. The summed E-state index contributed by atoms with van der Waals surface area (Å²) in [6.07, 6.45) is 2.15. The summed E-state index contributed by atoms with van der Waals surface area (Å²) < 4.78 is 0. The minimum Gasteiger partial charge on any atom is -0.261 e. The van der Waals surface area contributed by atoms with Crippen molar-refractivity contribution in [3.8, 4) is 0 Å². The summed E-state index contributed by atoms with van der Waals surface area (Å²) in [6.45, 7) is 18.8. The van der Waals surface area contributed by atoms with Crippen LogP contribution in [0.15, 0.2) is 6.20 Å². The van der Waals surface area contributed by atoms with Gasteiger partial charge in [0.2, 0.25) is 0 Å². The predicted molar refractivity (Wildman–Crippen MR) is 100 cm³/mol. The van der Waals surface area contributed by atoms with Crippen molar-refractivity contribution in [2.45, 2.75) is 78.4 Å². The summed E-state index contributed by atoms with van der Waals surface area (Å²) in [7, 11) is 0. The zero-order valence-electron chi connectivity index (χ0n) is 15.6. The predicted octanol–water partition coefficient (Wildman–Crippen LogP) is 6.13. The van der Waals surface area contributed by atoms with Gasteiger partial charge in [-0.25, -0.2) is 0 Å². The molecule has 1 aromatic rings. The minimum absolute atomic E-state index is 0.549. The van der Waals surface area contributed by atoms with Gasteiger partial charge in [0.15, 0.2) is 0 Å². The van der Waals surface area contributed by atoms with E-state index in [2.05, 4.69) is 73.3 Å². The largest absolute Gasteiger partial charge is 0.261 e. The number of fused-ring (bicyclic) bond motifs is 1. The third-order valence-corrected chi connectivity index (χ3v) is 7.22. The molecule has 2 heteroatoms. The minimum atomic E-state index is 0.549. The van der Waals surface area contributed by atoms with Gasteiger partial charge in [0.05, 0.1) is 0 Å². The molecule has 0 saturated heterocycles. The van der Waals surface area contributed by atoms with E-state index in [1.165, 1.54) is 17.0 Å². The molecule has 1 aromatic heterocycles. The van der Waals surface area contributed by atoms with Gasteiger partial charge in [-0.3, -0.25) is 4.98 Å². The number of aryl methyl sites for hydroxylation is 1. The summed E-state index contributed by atoms with van der Waals surface area (Å²) in [5.74, 6) is 4.40. The maximum absolute atomic E-state index is 4.78. The highest BCUT2D eigenvalue weighted by Gasteiger charge is 2.33. The second-order valence-corrected chi connectivity index (χ2v) is 9.23. The first kappa shape index (κ1) is 17.8. The van der Waals surface area contributed by atoms with Crippen molar-refractivity contribution in [1.82, 2.24) is 4.98 Å². The number of thioether (sulfide) groups is 1. The lowest BCUT2D eigenvalue weighted by atomic mass is 9.75. The molecule has 0 spiro atoms. The Balaban J connectivity index is 2.72. The Morgan fingerprint density at radius 1 is 1.09 bits per heavy atom. The monoisotopic (exact) mass is 319 g/mol. The Morgan fingerprint density at radius 3 is 2.27 bits per heavy atom. The van der Waals surface area contributed by atoms with E-state index in [1.807, 2.05) is 0 Å². The SMILES string of the molecule is Cc1ncc(C(C)C)c2c1[C@H](C)[C@H](C)[C@H](C)SCC2C(C)C. The number of rotatable bonds is 2. The Hall–Kier alpha value is -0.500. The Labute approximate surface area is 141 Å². The quantitative estimate of drug-likeness (QED) is 0.650. The molecular weight excluding hydrogens is 286 g/mol. The molecule has 1 aliphatic heterocycles. The van der Waals surface area contributed by atoms with Crippen LogP contribution in [0.4, 0.5) is 0 Å². The maximum atomic E-state index is 4.78. The highest BCUT2D eigenvalue weighted by atomic mass is 32.2. The molecule has 0 N–H and O–H groups in total. The molecule has 0 bridgehead atoms. The van der Waals surface area contributed by atoms with E-state index in [-0.39, 0.29) is 0 Å².